The van der Waals surface area contributed by atoms with Crippen LogP contribution in [-0.4, -0.2) is 32.9 Å². The molecule has 0 aromatic heterocycles. The molecule has 2 rings (SSSR count). The Morgan fingerprint density at radius 3 is 2.44 bits per heavy atom. The van der Waals surface area contributed by atoms with Crippen LogP contribution >= 0.6 is 15.9 Å². The van der Waals surface area contributed by atoms with E-state index in [1.54, 1.807) is 18.2 Å². The van der Waals surface area contributed by atoms with Gasteiger partial charge in [-0.1, -0.05) is 15.9 Å². The molecule has 7 heteroatoms. The van der Waals surface area contributed by atoms with Gasteiger partial charge in [0.1, 0.15) is 17.2 Å². The topological polar surface area (TPSA) is 69.2 Å². The highest BCUT2D eigenvalue weighted by molar-refractivity contribution is 9.10. The van der Waals surface area contributed by atoms with Crippen molar-refractivity contribution in [3.63, 3.8) is 0 Å². The predicted molar refractivity (Wildman–Crippen MR) is 99.9 cm³/mol. The molecule has 1 amide bonds. The van der Waals surface area contributed by atoms with Crippen LogP contribution in [0.15, 0.2) is 46.0 Å². The first-order valence-electron chi connectivity index (χ1n) is 7.56. The van der Waals surface area contributed by atoms with Crippen LogP contribution in [0.2, 0.25) is 0 Å². The van der Waals surface area contributed by atoms with Gasteiger partial charge in [-0.25, -0.2) is 5.43 Å². The molecule has 0 unspecified atom stereocenters. The first-order valence-corrected chi connectivity index (χ1v) is 8.35. The van der Waals surface area contributed by atoms with Gasteiger partial charge in [-0.15, -0.1) is 0 Å². The Bertz CT molecular complexity index is 755. The summed E-state index contributed by atoms with van der Waals surface area (Å²) in [5, 5.41) is 4.01. The number of nitrogens with zero attached hydrogens (tertiary/aromatic N) is 1. The van der Waals surface area contributed by atoms with Crippen LogP contribution in [0.3, 0.4) is 0 Å². The van der Waals surface area contributed by atoms with Crippen LogP contribution in [0, 0.1) is 0 Å². The van der Waals surface area contributed by atoms with Crippen molar-refractivity contribution in [2.45, 2.75) is 6.92 Å². The third kappa shape index (κ3) is 5.22. The van der Waals surface area contributed by atoms with Crippen molar-refractivity contribution in [1.29, 1.82) is 0 Å². The van der Waals surface area contributed by atoms with Crippen molar-refractivity contribution >= 4 is 28.1 Å². The molecule has 0 radical (unpaired) electrons. The third-order valence-electron chi connectivity index (χ3n) is 3.26. The fourth-order valence-corrected chi connectivity index (χ4v) is 2.45. The van der Waals surface area contributed by atoms with Gasteiger partial charge < -0.3 is 14.2 Å². The van der Waals surface area contributed by atoms with Crippen LogP contribution < -0.4 is 19.6 Å². The monoisotopic (exact) mass is 406 g/mol. The normalized spacial score (nSPS) is 10.6. The number of ether oxygens (including phenoxy) is 3. The SMILES string of the molecule is CCOc1ccc(Br)cc1/C=N\NC(=O)c1cc(OC)cc(OC)c1. The first kappa shape index (κ1) is 18.8. The number of rotatable bonds is 7. The van der Waals surface area contributed by atoms with Gasteiger partial charge in [0.2, 0.25) is 0 Å². The van der Waals surface area contributed by atoms with Gasteiger partial charge in [0.15, 0.2) is 0 Å². The van der Waals surface area contributed by atoms with Gasteiger partial charge in [0, 0.05) is 21.7 Å². The molecule has 0 aliphatic heterocycles. The van der Waals surface area contributed by atoms with Crippen LogP contribution in [-0.2, 0) is 0 Å². The molecule has 0 fully saturated rings. The molecule has 2 aromatic rings. The molecule has 1 N–H and O–H groups in total. The van der Waals surface area contributed by atoms with Crippen molar-refractivity contribution in [1.82, 2.24) is 5.43 Å². The molecule has 0 saturated carbocycles. The molecule has 2 aromatic carbocycles. The second-order valence-corrected chi connectivity index (χ2v) is 5.83. The van der Waals surface area contributed by atoms with Gasteiger partial charge in [0.05, 0.1) is 27.0 Å². The van der Waals surface area contributed by atoms with Crippen molar-refractivity contribution in [3.8, 4) is 17.2 Å². The summed E-state index contributed by atoms with van der Waals surface area (Å²) in [7, 11) is 3.05. The highest BCUT2D eigenvalue weighted by Gasteiger charge is 2.09. The minimum absolute atomic E-state index is 0.374. The third-order valence-corrected chi connectivity index (χ3v) is 3.75. The molecule has 132 valence electrons. The maximum absolute atomic E-state index is 12.3. The van der Waals surface area contributed by atoms with Gasteiger partial charge in [-0.05, 0) is 37.3 Å². The number of hydrogen-bond acceptors (Lipinski definition) is 5. The first-order chi connectivity index (χ1) is 12.1. The van der Waals surface area contributed by atoms with E-state index in [1.807, 2.05) is 25.1 Å². The van der Waals surface area contributed by atoms with Gasteiger partial charge >= 0.3 is 0 Å². The number of halogens is 1. The summed E-state index contributed by atoms with van der Waals surface area (Å²) in [6.45, 7) is 2.44. The molecule has 25 heavy (non-hydrogen) atoms. The number of nitrogens with one attached hydrogen (secondary N) is 1. The minimum atomic E-state index is -0.374. The summed E-state index contributed by atoms with van der Waals surface area (Å²) >= 11 is 3.40. The molecule has 0 aliphatic carbocycles. The van der Waals surface area contributed by atoms with E-state index in [2.05, 4.69) is 26.5 Å². The molecule has 6 nitrogen and oxygen atoms in total. The van der Waals surface area contributed by atoms with Crippen molar-refractivity contribution in [2.75, 3.05) is 20.8 Å². The Balaban J connectivity index is 2.14. The summed E-state index contributed by atoms with van der Waals surface area (Å²) in [4.78, 5) is 12.3. The number of hydrazone groups is 1. The van der Waals surface area contributed by atoms with Gasteiger partial charge in [0.25, 0.3) is 5.91 Å². The minimum Gasteiger partial charge on any atom is -0.497 e. The Labute approximate surface area is 154 Å². The van der Waals surface area contributed by atoms with E-state index in [0.29, 0.717) is 29.4 Å². The Morgan fingerprint density at radius 2 is 1.84 bits per heavy atom. The van der Waals surface area contributed by atoms with E-state index in [0.717, 1.165) is 10.0 Å². The average molecular weight is 407 g/mol. The van der Waals surface area contributed by atoms with Crippen LogP contribution in [0.5, 0.6) is 17.2 Å². The molecular weight excluding hydrogens is 388 g/mol. The summed E-state index contributed by atoms with van der Waals surface area (Å²) in [6.07, 6.45) is 1.53. The summed E-state index contributed by atoms with van der Waals surface area (Å²) < 4.78 is 16.7. The van der Waals surface area contributed by atoms with Crippen molar-refractivity contribution in [2.24, 2.45) is 5.10 Å². The van der Waals surface area contributed by atoms with E-state index >= 15 is 0 Å². The van der Waals surface area contributed by atoms with E-state index in [9.17, 15) is 4.79 Å². The van der Waals surface area contributed by atoms with Crippen LogP contribution in [0.4, 0.5) is 0 Å². The maximum atomic E-state index is 12.3. The van der Waals surface area contributed by atoms with Crippen LogP contribution in [0.25, 0.3) is 0 Å². The van der Waals surface area contributed by atoms with E-state index in [1.165, 1.54) is 20.4 Å². The van der Waals surface area contributed by atoms with E-state index in [4.69, 9.17) is 14.2 Å². The summed E-state index contributed by atoms with van der Waals surface area (Å²) in [6, 6.07) is 10.5. The molecule has 0 spiro atoms. The number of benzene rings is 2. The molecule has 0 bridgehead atoms. The molecule has 0 saturated heterocycles. The van der Waals surface area contributed by atoms with Crippen molar-refractivity contribution < 1.29 is 19.0 Å². The Morgan fingerprint density at radius 1 is 1.16 bits per heavy atom. The molecule has 0 aliphatic rings. The van der Waals surface area contributed by atoms with Gasteiger partial charge in [-0.2, -0.15) is 5.10 Å². The zero-order chi connectivity index (χ0) is 18.2. The zero-order valence-corrected chi connectivity index (χ0v) is 15.8. The number of amides is 1. The lowest BCUT2D eigenvalue weighted by atomic mass is 10.2. The molecular formula is C18H19BrN2O4. The fourth-order valence-electron chi connectivity index (χ4n) is 2.07. The lowest BCUT2D eigenvalue weighted by Gasteiger charge is -2.08. The predicted octanol–water partition coefficient (Wildman–Crippen LogP) is 3.63. The van der Waals surface area contributed by atoms with Gasteiger partial charge in [-0.3, -0.25) is 4.79 Å². The number of carbonyl (C=O) groups is 1. The Hall–Kier alpha value is -2.54. The Kier molecular flexibility index (Phi) is 6.82. The smallest absolute Gasteiger partial charge is 0.271 e. The van der Waals surface area contributed by atoms with Crippen molar-refractivity contribution in [3.05, 3.63) is 52.0 Å². The standard InChI is InChI=1S/C18H19BrN2O4/c1-4-25-17-6-5-14(19)7-13(17)11-20-21-18(22)12-8-15(23-2)10-16(9-12)24-3/h5-11H,4H2,1-3H3,(H,21,22)/b20-11-. The molecule has 0 heterocycles. The van der Waals surface area contributed by atoms with Crippen LogP contribution in [0.1, 0.15) is 22.8 Å². The molecule has 0 atom stereocenters. The lowest BCUT2D eigenvalue weighted by Crippen LogP contribution is -2.17. The van der Waals surface area contributed by atoms with E-state index in [-0.39, 0.29) is 5.91 Å². The zero-order valence-electron chi connectivity index (χ0n) is 14.2. The number of methoxy groups -OCH3 is 2. The second-order valence-electron chi connectivity index (χ2n) is 4.92. The maximum Gasteiger partial charge on any atom is 0.271 e. The summed E-state index contributed by atoms with van der Waals surface area (Å²) in [5.74, 6) is 1.37. The fraction of sp³-hybridized carbons (Fsp3) is 0.222. The average Bonchev–Trinajstić information content (AvgIpc) is 2.63. The largest absolute Gasteiger partial charge is 0.497 e. The van der Waals surface area contributed by atoms with E-state index < -0.39 is 0 Å². The number of carbonyl (C=O) groups excluding carboxylic acids is 1. The number of hydrogen-bond donors (Lipinski definition) is 1. The lowest BCUT2D eigenvalue weighted by molar-refractivity contribution is 0.0954. The second kappa shape index (κ2) is 9.08. The summed E-state index contributed by atoms with van der Waals surface area (Å²) in [5.41, 5.74) is 3.62. The highest BCUT2D eigenvalue weighted by Crippen LogP contribution is 2.23. The quantitative estimate of drug-likeness (QED) is 0.562. The highest BCUT2D eigenvalue weighted by atomic mass is 79.9.